The summed E-state index contributed by atoms with van der Waals surface area (Å²) in [4.78, 5) is 25.7. The molecule has 0 N–H and O–H groups in total. The first-order valence-corrected chi connectivity index (χ1v) is 7.67. The molecule has 0 amide bonds. The van der Waals surface area contributed by atoms with Gasteiger partial charge in [-0.25, -0.2) is 23.5 Å². The van der Waals surface area contributed by atoms with Crippen LogP contribution in [0.15, 0.2) is 39.9 Å². The van der Waals surface area contributed by atoms with E-state index in [1.54, 1.807) is 9.36 Å². The minimum atomic E-state index is -0.158. The predicted octanol–water partition coefficient (Wildman–Crippen LogP) is 1.18. The highest BCUT2D eigenvalue weighted by molar-refractivity contribution is 5.36. The third-order valence-corrected chi connectivity index (χ3v) is 6.80. The second-order valence-corrected chi connectivity index (χ2v) is 7.25. The average molecular weight is 281 g/mol. The Morgan fingerprint density at radius 3 is 2.52 bits per heavy atom. The van der Waals surface area contributed by atoms with E-state index in [9.17, 15) is 9.59 Å². The number of hydrogen-bond acceptors (Lipinski definition) is 2. The van der Waals surface area contributed by atoms with Gasteiger partial charge in [0.2, 0.25) is 0 Å². The molecule has 0 saturated heterocycles. The molecule has 5 heteroatoms. The lowest BCUT2D eigenvalue weighted by Crippen LogP contribution is -2.42. The highest BCUT2D eigenvalue weighted by atomic mass is 16.2. The van der Waals surface area contributed by atoms with Crippen molar-refractivity contribution in [3.8, 4) is 5.69 Å². The summed E-state index contributed by atoms with van der Waals surface area (Å²) in [7, 11) is 0. The standard InChI is InChI=1S/C16H15N3O2/c1-16-9-7-10-11(12(9)16)13(16)19-15(21)17(14(20)18(10)19)8-5-3-2-4-6-8/h2-6,9-13H,7H2,1H3/t9-,10+,11+,12+,13-,16-/m0/s1. The molecule has 2 heterocycles. The first-order chi connectivity index (χ1) is 10.2. The van der Waals surface area contributed by atoms with Crippen LogP contribution in [0.5, 0.6) is 0 Å². The van der Waals surface area contributed by atoms with E-state index in [1.807, 2.05) is 30.3 Å². The summed E-state index contributed by atoms with van der Waals surface area (Å²) in [6.07, 6.45) is 1.08. The highest BCUT2D eigenvalue weighted by Gasteiger charge is 2.87. The summed E-state index contributed by atoms with van der Waals surface area (Å²) in [5.74, 6) is 2.06. The summed E-state index contributed by atoms with van der Waals surface area (Å²) < 4.78 is 4.90. The number of para-hydroxylation sites is 1. The molecule has 1 aromatic heterocycles. The Morgan fingerprint density at radius 1 is 1.10 bits per heavy atom. The van der Waals surface area contributed by atoms with Crippen molar-refractivity contribution in [3.63, 3.8) is 0 Å². The van der Waals surface area contributed by atoms with Crippen molar-refractivity contribution in [1.29, 1.82) is 0 Å². The van der Waals surface area contributed by atoms with Gasteiger partial charge < -0.3 is 0 Å². The van der Waals surface area contributed by atoms with E-state index in [0.29, 0.717) is 17.0 Å². The van der Waals surface area contributed by atoms with E-state index in [1.165, 1.54) is 4.57 Å². The Balaban J connectivity index is 1.66. The molecule has 0 radical (unpaired) electrons. The summed E-state index contributed by atoms with van der Waals surface area (Å²) in [5, 5.41) is 0. The largest absolute Gasteiger partial charge is 0.352 e. The number of aromatic nitrogens is 3. The molecule has 5 nitrogen and oxygen atoms in total. The Hall–Kier alpha value is -2.04. The number of nitrogens with zero attached hydrogens (tertiary/aromatic N) is 3. The smallest absolute Gasteiger partial charge is 0.245 e. The maximum absolute atomic E-state index is 12.8. The van der Waals surface area contributed by atoms with Gasteiger partial charge >= 0.3 is 11.4 Å². The van der Waals surface area contributed by atoms with E-state index < -0.39 is 0 Å². The van der Waals surface area contributed by atoms with E-state index in [0.717, 1.165) is 18.3 Å². The van der Waals surface area contributed by atoms with E-state index in [-0.39, 0.29) is 23.5 Å². The van der Waals surface area contributed by atoms with Crippen LogP contribution in [0.3, 0.4) is 0 Å². The van der Waals surface area contributed by atoms with E-state index in [2.05, 4.69) is 6.92 Å². The Kier molecular flexibility index (Phi) is 1.42. The average Bonchev–Trinajstić information content (AvgIpc) is 2.79. The Morgan fingerprint density at radius 2 is 1.81 bits per heavy atom. The predicted molar refractivity (Wildman–Crippen MR) is 75.6 cm³/mol. The van der Waals surface area contributed by atoms with Crippen LogP contribution in [-0.2, 0) is 0 Å². The maximum Gasteiger partial charge on any atom is 0.352 e. The van der Waals surface area contributed by atoms with Crippen LogP contribution in [0.1, 0.15) is 25.4 Å². The second kappa shape index (κ2) is 2.80. The van der Waals surface area contributed by atoms with Gasteiger partial charge in [-0.1, -0.05) is 25.1 Å². The molecule has 3 fully saturated rings. The summed E-state index contributed by atoms with van der Waals surface area (Å²) in [6, 6.07) is 9.78. The fourth-order valence-corrected chi connectivity index (χ4v) is 6.03. The van der Waals surface area contributed by atoms with Gasteiger partial charge in [-0.2, -0.15) is 0 Å². The zero-order valence-corrected chi connectivity index (χ0v) is 11.6. The molecule has 21 heavy (non-hydrogen) atoms. The summed E-state index contributed by atoms with van der Waals surface area (Å²) in [6.45, 7) is 2.30. The third kappa shape index (κ3) is 0.836. The molecule has 1 aromatic carbocycles. The zero-order valence-electron chi connectivity index (χ0n) is 11.6. The van der Waals surface area contributed by atoms with Gasteiger partial charge in [0.15, 0.2) is 0 Å². The van der Waals surface area contributed by atoms with Crippen molar-refractivity contribution in [2.75, 3.05) is 0 Å². The molecular weight excluding hydrogens is 266 g/mol. The van der Waals surface area contributed by atoms with Crippen LogP contribution in [0.25, 0.3) is 5.69 Å². The zero-order chi connectivity index (χ0) is 14.1. The molecule has 106 valence electrons. The molecule has 2 aromatic rings. The topological polar surface area (TPSA) is 48.9 Å². The maximum atomic E-state index is 12.8. The lowest BCUT2D eigenvalue weighted by molar-refractivity contribution is 0.0768. The van der Waals surface area contributed by atoms with E-state index in [4.69, 9.17) is 0 Å². The molecule has 0 spiro atoms. The SMILES string of the molecule is C[C@@]12[C@H]3[C@H]4[C@@H](C[C@@H]31)n1c(=O)n(-c3ccccc3)c(=O)n1[C@@H]42. The van der Waals surface area contributed by atoms with Crippen molar-refractivity contribution in [3.05, 3.63) is 51.3 Å². The monoisotopic (exact) mass is 281 g/mol. The fourth-order valence-electron chi connectivity index (χ4n) is 6.03. The molecule has 0 bridgehead atoms. The molecule has 3 saturated carbocycles. The van der Waals surface area contributed by atoms with Crippen LogP contribution in [-0.4, -0.2) is 13.9 Å². The molecule has 6 rings (SSSR count). The third-order valence-electron chi connectivity index (χ3n) is 6.80. The molecule has 1 aliphatic heterocycles. The first kappa shape index (κ1) is 10.7. The van der Waals surface area contributed by atoms with Gasteiger partial charge in [0.05, 0.1) is 17.8 Å². The summed E-state index contributed by atoms with van der Waals surface area (Å²) in [5.41, 5.74) is 0.648. The highest BCUT2D eigenvalue weighted by Crippen LogP contribution is 2.89. The van der Waals surface area contributed by atoms with Crippen LogP contribution in [0.2, 0.25) is 0 Å². The number of benzene rings is 1. The Labute approximate surface area is 120 Å². The van der Waals surface area contributed by atoms with Crippen molar-refractivity contribution < 1.29 is 0 Å². The van der Waals surface area contributed by atoms with Crippen molar-refractivity contribution in [2.24, 2.45) is 23.2 Å². The lowest BCUT2D eigenvalue weighted by atomic mass is 9.66. The van der Waals surface area contributed by atoms with Crippen LogP contribution < -0.4 is 11.4 Å². The number of fused-ring (bicyclic) bond motifs is 5. The first-order valence-electron chi connectivity index (χ1n) is 7.67. The van der Waals surface area contributed by atoms with Gasteiger partial charge in [0.1, 0.15) is 0 Å². The van der Waals surface area contributed by atoms with Crippen molar-refractivity contribution in [1.82, 2.24) is 13.9 Å². The van der Waals surface area contributed by atoms with Gasteiger partial charge in [-0.05, 0) is 35.8 Å². The van der Waals surface area contributed by atoms with Gasteiger partial charge in [-0.15, -0.1) is 0 Å². The molecule has 6 atom stereocenters. The van der Waals surface area contributed by atoms with E-state index >= 15 is 0 Å². The van der Waals surface area contributed by atoms with Crippen LogP contribution in [0.4, 0.5) is 0 Å². The normalized spacial score (nSPS) is 43.4. The van der Waals surface area contributed by atoms with Gasteiger partial charge in [-0.3, -0.25) is 0 Å². The lowest BCUT2D eigenvalue weighted by Gasteiger charge is -2.39. The van der Waals surface area contributed by atoms with Crippen molar-refractivity contribution in [2.45, 2.75) is 25.4 Å². The number of rotatable bonds is 1. The summed E-state index contributed by atoms with van der Waals surface area (Å²) >= 11 is 0. The minimum absolute atomic E-state index is 0.157. The molecule has 3 aliphatic carbocycles. The molecule has 4 aliphatic rings. The Bertz CT molecular complexity index is 915. The van der Waals surface area contributed by atoms with Crippen molar-refractivity contribution >= 4 is 0 Å². The minimum Gasteiger partial charge on any atom is -0.245 e. The van der Waals surface area contributed by atoms with Gasteiger partial charge in [0, 0.05) is 5.92 Å². The fraction of sp³-hybridized carbons (Fsp3) is 0.500. The van der Waals surface area contributed by atoms with Gasteiger partial charge in [0.25, 0.3) is 0 Å². The quantitative estimate of drug-likeness (QED) is 0.788. The number of hydrogen-bond donors (Lipinski definition) is 0. The molecular formula is C16H15N3O2. The molecule has 0 unspecified atom stereocenters. The van der Waals surface area contributed by atoms with Crippen LogP contribution in [0, 0.1) is 23.2 Å². The van der Waals surface area contributed by atoms with Crippen LogP contribution >= 0.6 is 0 Å². The second-order valence-electron chi connectivity index (χ2n) is 7.25.